The molecule has 120 valence electrons. The van der Waals surface area contributed by atoms with E-state index >= 15 is 0 Å². The van der Waals surface area contributed by atoms with Crippen molar-refractivity contribution in [1.29, 1.82) is 0 Å². The fourth-order valence-corrected chi connectivity index (χ4v) is 3.23. The molecule has 0 rings (SSSR count). The van der Waals surface area contributed by atoms with Crippen molar-refractivity contribution in [3.8, 4) is 0 Å². The number of carbonyl (C=O) groups excluding carboxylic acids is 1. The molecular formula is C19H38O. The van der Waals surface area contributed by atoms with Crippen LogP contribution in [0.5, 0.6) is 0 Å². The summed E-state index contributed by atoms with van der Waals surface area (Å²) in [6.07, 6.45) is 16.8. The average molecular weight is 283 g/mol. The van der Waals surface area contributed by atoms with E-state index in [2.05, 4.69) is 20.8 Å². The summed E-state index contributed by atoms with van der Waals surface area (Å²) in [5.74, 6) is 0.401. The van der Waals surface area contributed by atoms with E-state index in [1.807, 2.05) is 0 Å². The Balaban J connectivity index is 3.53. The Morgan fingerprint density at radius 2 is 1.10 bits per heavy atom. The monoisotopic (exact) mass is 282 g/mol. The normalized spacial score (nSPS) is 11.8. The molecule has 0 N–H and O–H groups in total. The lowest BCUT2D eigenvalue weighted by Crippen LogP contribution is -2.27. The molecule has 0 saturated carbocycles. The highest BCUT2D eigenvalue weighted by Crippen LogP contribution is 2.33. The highest BCUT2D eigenvalue weighted by atomic mass is 16.1. The fraction of sp³-hybridized carbons (Fsp3) is 0.947. The van der Waals surface area contributed by atoms with Crippen LogP contribution in [0.3, 0.4) is 0 Å². The predicted molar refractivity (Wildman–Crippen MR) is 90.2 cm³/mol. The largest absolute Gasteiger partial charge is 0.299 e. The fourth-order valence-electron chi connectivity index (χ4n) is 3.23. The van der Waals surface area contributed by atoms with Crippen LogP contribution in [0, 0.1) is 5.41 Å². The second-order valence-corrected chi connectivity index (χ2v) is 6.48. The van der Waals surface area contributed by atoms with Crippen LogP contribution < -0.4 is 0 Å². The van der Waals surface area contributed by atoms with Crippen LogP contribution in [0.15, 0.2) is 0 Å². The van der Waals surface area contributed by atoms with Gasteiger partial charge in [0.25, 0.3) is 0 Å². The van der Waals surface area contributed by atoms with Crippen molar-refractivity contribution in [1.82, 2.24) is 0 Å². The Morgan fingerprint density at radius 3 is 1.45 bits per heavy atom. The maximum atomic E-state index is 11.8. The van der Waals surface area contributed by atoms with Crippen LogP contribution in [0.2, 0.25) is 0 Å². The molecule has 0 aromatic rings. The van der Waals surface area contributed by atoms with E-state index < -0.39 is 0 Å². The van der Waals surface area contributed by atoms with Gasteiger partial charge in [-0.1, -0.05) is 85.0 Å². The summed E-state index contributed by atoms with van der Waals surface area (Å²) in [7, 11) is 0. The summed E-state index contributed by atoms with van der Waals surface area (Å²) in [5.41, 5.74) is -0.0137. The third-order valence-electron chi connectivity index (χ3n) is 5.11. The molecule has 0 saturated heterocycles. The van der Waals surface area contributed by atoms with Gasteiger partial charge in [-0.05, 0) is 26.2 Å². The van der Waals surface area contributed by atoms with Crippen molar-refractivity contribution in [3.63, 3.8) is 0 Å². The lowest BCUT2D eigenvalue weighted by atomic mass is 9.74. The van der Waals surface area contributed by atoms with E-state index in [0.29, 0.717) is 5.78 Å². The Bertz CT molecular complexity index is 228. The number of Topliss-reactive ketones (excluding diaryl/α,β-unsaturated/α-hetero) is 1. The van der Waals surface area contributed by atoms with E-state index in [1.54, 1.807) is 6.92 Å². The molecule has 0 fully saturated rings. The van der Waals surface area contributed by atoms with Crippen molar-refractivity contribution in [2.24, 2.45) is 5.41 Å². The zero-order valence-corrected chi connectivity index (χ0v) is 14.6. The summed E-state index contributed by atoms with van der Waals surface area (Å²) < 4.78 is 0. The summed E-state index contributed by atoms with van der Waals surface area (Å²) in [5, 5.41) is 0. The second-order valence-electron chi connectivity index (χ2n) is 6.48. The summed E-state index contributed by atoms with van der Waals surface area (Å²) in [6, 6.07) is 0. The van der Waals surface area contributed by atoms with E-state index in [1.165, 1.54) is 64.2 Å². The molecule has 0 heterocycles. The van der Waals surface area contributed by atoms with Gasteiger partial charge in [0.15, 0.2) is 0 Å². The van der Waals surface area contributed by atoms with Gasteiger partial charge in [-0.25, -0.2) is 0 Å². The van der Waals surface area contributed by atoms with Crippen LogP contribution in [-0.2, 0) is 4.79 Å². The van der Waals surface area contributed by atoms with Crippen molar-refractivity contribution in [2.75, 3.05) is 0 Å². The molecule has 0 radical (unpaired) electrons. The molecule has 0 aliphatic carbocycles. The molecule has 1 nitrogen and oxygen atoms in total. The van der Waals surface area contributed by atoms with Crippen LogP contribution in [-0.4, -0.2) is 5.78 Å². The molecule has 1 heteroatoms. The third kappa shape index (κ3) is 8.07. The molecule has 0 atom stereocenters. The van der Waals surface area contributed by atoms with Gasteiger partial charge in [-0.3, -0.25) is 4.79 Å². The first-order chi connectivity index (χ1) is 9.63. The van der Waals surface area contributed by atoms with Gasteiger partial charge in [-0.2, -0.15) is 0 Å². The standard InChI is InChI=1S/C19H38O/c1-5-8-9-10-11-12-13-14-15-16-17-19(6-2,7-3)18(4)20/h5-17H2,1-4H3. The van der Waals surface area contributed by atoms with Gasteiger partial charge >= 0.3 is 0 Å². The number of hydrogen-bond donors (Lipinski definition) is 0. The van der Waals surface area contributed by atoms with Crippen LogP contribution >= 0.6 is 0 Å². The van der Waals surface area contributed by atoms with Gasteiger partial charge in [0, 0.05) is 5.41 Å². The predicted octanol–water partition coefficient (Wildman–Crippen LogP) is 6.69. The van der Waals surface area contributed by atoms with Gasteiger partial charge in [0.05, 0.1) is 0 Å². The summed E-state index contributed by atoms with van der Waals surface area (Å²) in [4.78, 5) is 11.8. The van der Waals surface area contributed by atoms with E-state index in [0.717, 1.165) is 19.3 Å². The summed E-state index contributed by atoms with van der Waals surface area (Å²) >= 11 is 0. The van der Waals surface area contributed by atoms with Crippen molar-refractivity contribution in [3.05, 3.63) is 0 Å². The lowest BCUT2D eigenvalue weighted by Gasteiger charge is -2.28. The molecule has 0 spiro atoms. The minimum atomic E-state index is -0.0137. The molecule has 0 unspecified atom stereocenters. The maximum absolute atomic E-state index is 11.8. The Labute approximate surface area is 127 Å². The molecule has 0 amide bonds. The Hall–Kier alpha value is -0.330. The Kier molecular flexibility index (Phi) is 12.2. The third-order valence-corrected chi connectivity index (χ3v) is 5.11. The maximum Gasteiger partial charge on any atom is 0.135 e. The minimum absolute atomic E-state index is 0.0137. The highest BCUT2D eigenvalue weighted by molar-refractivity contribution is 5.82. The van der Waals surface area contributed by atoms with Gasteiger partial charge < -0.3 is 0 Å². The Morgan fingerprint density at radius 1 is 0.700 bits per heavy atom. The van der Waals surface area contributed by atoms with Gasteiger partial charge in [0.2, 0.25) is 0 Å². The molecular weight excluding hydrogens is 244 g/mol. The van der Waals surface area contributed by atoms with Crippen LogP contribution in [0.1, 0.15) is 111 Å². The van der Waals surface area contributed by atoms with Crippen molar-refractivity contribution < 1.29 is 4.79 Å². The van der Waals surface area contributed by atoms with Crippen molar-refractivity contribution >= 4 is 5.78 Å². The summed E-state index contributed by atoms with van der Waals surface area (Å²) in [6.45, 7) is 8.39. The molecule has 0 aliphatic rings. The SMILES string of the molecule is CCCCCCCCCCCCC(CC)(CC)C(C)=O. The number of unbranched alkanes of at least 4 members (excludes halogenated alkanes) is 9. The van der Waals surface area contributed by atoms with Gasteiger partial charge in [0.1, 0.15) is 5.78 Å². The van der Waals surface area contributed by atoms with Gasteiger partial charge in [-0.15, -0.1) is 0 Å². The smallest absolute Gasteiger partial charge is 0.135 e. The van der Waals surface area contributed by atoms with Crippen LogP contribution in [0.4, 0.5) is 0 Å². The molecule has 0 aromatic carbocycles. The average Bonchev–Trinajstić information content (AvgIpc) is 2.45. The minimum Gasteiger partial charge on any atom is -0.299 e. The zero-order valence-electron chi connectivity index (χ0n) is 14.6. The molecule has 0 bridgehead atoms. The van der Waals surface area contributed by atoms with E-state index in [4.69, 9.17) is 0 Å². The lowest BCUT2D eigenvalue weighted by molar-refractivity contribution is -0.127. The molecule has 20 heavy (non-hydrogen) atoms. The highest BCUT2D eigenvalue weighted by Gasteiger charge is 2.30. The van der Waals surface area contributed by atoms with E-state index in [-0.39, 0.29) is 5.41 Å². The number of rotatable bonds is 14. The first-order valence-electron chi connectivity index (χ1n) is 9.14. The van der Waals surface area contributed by atoms with Crippen LogP contribution in [0.25, 0.3) is 0 Å². The first-order valence-corrected chi connectivity index (χ1v) is 9.14. The molecule has 0 aliphatic heterocycles. The number of ketones is 1. The number of hydrogen-bond acceptors (Lipinski definition) is 1. The first kappa shape index (κ1) is 19.7. The van der Waals surface area contributed by atoms with Crippen molar-refractivity contribution in [2.45, 2.75) is 111 Å². The van der Waals surface area contributed by atoms with E-state index in [9.17, 15) is 4.79 Å². The second kappa shape index (κ2) is 12.4. The topological polar surface area (TPSA) is 17.1 Å². The quantitative estimate of drug-likeness (QED) is 0.324. The molecule has 0 aromatic heterocycles. The zero-order chi connectivity index (χ0) is 15.3. The number of carbonyl (C=O) groups is 1.